The third-order valence-corrected chi connectivity index (χ3v) is 6.48. The first-order chi connectivity index (χ1) is 16.6. The van der Waals surface area contributed by atoms with E-state index in [-0.39, 0.29) is 17.7 Å². The Morgan fingerprint density at radius 2 is 1.57 bits per heavy atom. The molecule has 2 amide bonds. The molecular weight excluding hydrogens is 478 g/mol. The smallest absolute Gasteiger partial charge is 0.303 e. The van der Waals surface area contributed by atoms with Crippen molar-refractivity contribution in [2.24, 2.45) is 0 Å². The van der Waals surface area contributed by atoms with Crippen LogP contribution in [0.1, 0.15) is 47.9 Å². The zero-order chi connectivity index (χ0) is 25.7. The van der Waals surface area contributed by atoms with Crippen LogP contribution < -0.4 is 0 Å². The fraction of sp³-hybridized carbons (Fsp3) is 0.458. The quantitative estimate of drug-likeness (QED) is 0.170. The van der Waals surface area contributed by atoms with E-state index in [2.05, 4.69) is 5.92 Å². The minimum absolute atomic E-state index is 0.192. The van der Waals surface area contributed by atoms with Crippen LogP contribution in [0, 0.1) is 12.3 Å². The topological polar surface area (TPSA) is 126 Å². The Balaban J connectivity index is 2.08. The average molecular weight is 504 g/mol. The summed E-state index contributed by atoms with van der Waals surface area (Å²) in [4.78, 5) is 63.2. The number of benzene rings is 1. The van der Waals surface area contributed by atoms with Crippen LogP contribution in [-0.2, 0) is 33.3 Å². The van der Waals surface area contributed by atoms with Crippen molar-refractivity contribution in [3.8, 4) is 12.3 Å². The van der Waals surface area contributed by atoms with Gasteiger partial charge in [0.15, 0.2) is 12.2 Å². The van der Waals surface area contributed by atoms with Crippen molar-refractivity contribution in [3.05, 3.63) is 35.4 Å². The van der Waals surface area contributed by atoms with Gasteiger partial charge in [-0.25, -0.2) is 0 Å². The molecule has 0 unspecified atom stereocenters. The summed E-state index contributed by atoms with van der Waals surface area (Å²) < 4.78 is 22.2. The summed E-state index contributed by atoms with van der Waals surface area (Å²) >= 11 is 1.21. The number of hydrogen-bond donors (Lipinski definition) is 0. The summed E-state index contributed by atoms with van der Waals surface area (Å²) in [5, 5.41) is 0. The van der Waals surface area contributed by atoms with Crippen molar-refractivity contribution in [1.29, 1.82) is 0 Å². The molecule has 10 nitrogen and oxygen atoms in total. The molecule has 0 saturated carbocycles. The lowest BCUT2D eigenvalue weighted by Crippen LogP contribution is -2.66. The molecule has 2 aliphatic rings. The first-order valence-corrected chi connectivity index (χ1v) is 11.9. The third-order valence-electron chi connectivity index (χ3n) is 5.32. The summed E-state index contributed by atoms with van der Waals surface area (Å²) in [6.07, 6.45) is 2.13. The van der Waals surface area contributed by atoms with Crippen LogP contribution in [0.5, 0.6) is 0 Å². The van der Waals surface area contributed by atoms with Gasteiger partial charge in [0.05, 0.1) is 11.1 Å². The maximum atomic E-state index is 13.3. The van der Waals surface area contributed by atoms with E-state index < -0.39 is 59.5 Å². The van der Waals surface area contributed by atoms with E-state index in [0.29, 0.717) is 12.2 Å². The molecule has 1 saturated heterocycles. The SMILES string of the molecule is C#CCCS[C@@H]1O[C@H](COC(C)=O)[C@@H](OC(C)=O)[C@H](OC(C)=O)[C@H]1N1C(=O)c2ccccc2C1=O. The predicted octanol–water partition coefficient (Wildman–Crippen LogP) is 1.56. The Labute approximate surface area is 206 Å². The lowest BCUT2D eigenvalue weighted by molar-refractivity contribution is -0.216. The van der Waals surface area contributed by atoms with Crippen LogP contribution in [-0.4, -0.2) is 76.8 Å². The van der Waals surface area contributed by atoms with Crippen LogP contribution in [0.2, 0.25) is 0 Å². The van der Waals surface area contributed by atoms with Crippen LogP contribution >= 0.6 is 11.8 Å². The number of terminal acetylenes is 1. The standard InChI is InChI=1S/C24H25NO9S/c1-5-6-11-35-24-19(25-22(29)16-9-7-8-10-17(16)23(25)30)21(33-15(4)28)20(32-14(3)27)18(34-24)12-31-13(2)26/h1,7-10,18-21,24H,6,11-12H2,2-4H3/t18-,19-,20-,21-,24+/m1/s1. The van der Waals surface area contributed by atoms with Gasteiger partial charge in [-0.15, -0.1) is 24.1 Å². The van der Waals surface area contributed by atoms with Crippen LogP contribution in [0.4, 0.5) is 0 Å². The molecule has 3 rings (SSSR count). The van der Waals surface area contributed by atoms with Crippen molar-refractivity contribution in [3.63, 3.8) is 0 Å². The van der Waals surface area contributed by atoms with Gasteiger partial charge >= 0.3 is 17.9 Å². The predicted molar refractivity (Wildman–Crippen MR) is 123 cm³/mol. The van der Waals surface area contributed by atoms with Crippen molar-refractivity contribution in [2.75, 3.05) is 12.4 Å². The number of rotatable bonds is 8. The fourth-order valence-corrected chi connectivity index (χ4v) is 5.17. The molecule has 0 aromatic heterocycles. The number of carbonyl (C=O) groups is 5. The Hall–Kier alpha value is -3.36. The van der Waals surface area contributed by atoms with Crippen LogP contribution in [0.25, 0.3) is 0 Å². The summed E-state index contributed by atoms with van der Waals surface area (Å²) in [5.41, 5.74) is -0.544. The summed E-state index contributed by atoms with van der Waals surface area (Å²) in [7, 11) is 0. The molecule has 5 atom stereocenters. The zero-order valence-corrected chi connectivity index (χ0v) is 20.2. The molecule has 1 aromatic rings. The first kappa shape index (κ1) is 26.2. The van der Waals surface area contributed by atoms with Crippen molar-refractivity contribution in [2.45, 2.75) is 57.0 Å². The molecule has 0 N–H and O–H groups in total. The number of nitrogens with zero attached hydrogens (tertiary/aromatic N) is 1. The second-order valence-electron chi connectivity index (χ2n) is 7.84. The minimum Gasteiger partial charge on any atom is -0.463 e. The highest BCUT2D eigenvalue weighted by Crippen LogP contribution is 2.38. The third kappa shape index (κ3) is 5.83. The van der Waals surface area contributed by atoms with Gasteiger partial charge < -0.3 is 18.9 Å². The monoisotopic (exact) mass is 503 g/mol. The zero-order valence-electron chi connectivity index (χ0n) is 19.4. The lowest BCUT2D eigenvalue weighted by atomic mass is 9.96. The molecule has 11 heteroatoms. The van der Waals surface area contributed by atoms with Crippen molar-refractivity contribution < 1.29 is 42.9 Å². The highest BCUT2D eigenvalue weighted by atomic mass is 32.2. The molecule has 0 spiro atoms. The minimum atomic E-state index is -1.30. The van der Waals surface area contributed by atoms with Gasteiger partial charge in [-0.05, 0) is 12.1 Å². The molecular formula is C24H25NO9S. The number of imide groups is 1. The second kappa shape index (κ2) is 11.4. The van der Waals surface area contributed by atoms with Gasteiger partial charge in [-0.2, -0.15) is 0 Å². The molecule has 0 radical (unpaired) electrons. The van der Waals surface area contributed by atoms with E-state index in [0.717, 1.165) is 18.7 Å². The number of amides is 2. The van der Waals surface area contributed by atoms with Gasteiger partial charge in [0, 0.05) is 32.9 Å². The van der Waals surface area contributed by atoms with Gasteiger partial charge in [0.1, 0.15) is 24.2 Å². The molecule has 2 aliphatic heterocycles. The van der Waals surface area contributed by atoms with E-state index in [1.54, 1.807) is 12.1 Å². The molecule has 1 aromatic carbocycles. The van der Waals surface area contributed by atoms with E-state index in [4.69, 9.17) is 25.4 Å². The van der Waals surface area contributed by atoms with Gasteiger partial charge in [0.25, 0.3) is 11.8 Å². The van der Waals surface area contributed by atoms with E-state index in [1.807, 2.05) is 0 Å². The summed E-state index contributed by atoms with van der Waals surface area (Å²) in [6, 6.07) is 5.14. The van der Waals surface area contributed by atoms with Gasteiger partial charge in [-0.1, -0.05) is 12.1 Å². The highest BCUT2D eigenvalue weighted by Gasteiger charge is 2.56. The molecule has 35 heavy (non-hydrogen) atoms. The fourth-order valence-electron chi connectivity index (χ4n) is 4.01. The maximum absolute atomic E-state index is 13.3. The largest absolute Gasteiger partial charge is 0.463 e. The highest BCUT2D eigenvalue weighted by molar-refractivity contribution is 7.99. The Morgan fingerprint density at radius 3 is 2.09 bits per heavy atom. The Bertz CT molecular complexity index is 1030. The Morgan fingerprint density at radius 1 is 1.00 bits per heavy atom. The number of esters is 3. The lowest BCUT2D eigenvalue weighted by Gasteiger charge is -2.47. The molecule has 186 valence electrons. The van der Waals surface area contributed by atoms with Crippen molar-refractivity contribution in [1.82, 2.24) is 4.90 Å². The summed E-state index contributed by atoms with van der Waals surface area (Å²) in [5.74, 6) is -0.342. The second-order valence-corrected chi connectivity index (χ2v) is 9.04. The molecule has 0 bridgehead atoms. The average Bonchev–Trinajstić information content (AvgIpc) is 3.04. The van der Waals surface area contributed by atoms with E-state index in [9.17, 15) is 24.0 Å². The number of fused-ring (bicyclic) bond motifs is 1. The van der Waals surface area contributed by atoms with Crippen molar-refractivity contribution >= 4 is 41.5 Å². The number of ether oxygens (including phenoxy) is 4. The number of hydrogen-bond acceptors (Lipinski definition) is 10. The summed E-state index contributed by atoms with van der Waals surface area (Å²) in [6.45, 7) is 3.19. The molecule has 1 fully saturated rings. The van der Waals surface area contributed by atoms with Gasteiger partial charge in [0.2, 0.25) is 0 Å². The van der Waals surface area contributed by atoms with E-state index in [1.165, 1.54) is 30.8 Å². The Kier molecular flexibility index (Phi) is 8.53. The van der Waals surface area contributed by atoms with E-state index >= 15 is 0 Å². The molecule has 2 heterocycles. The number of carbonyl (C=O) groups excluding carboxylic acids is 5. The first-order valence-electron chi connectivity index (χ1n) is 10.8. The molecule has 0 aliphatic carbocycles. The van der Waals surface area contributed by atoms with Crippen LogP contribution in [0.15, 0.2) is 24.3 Å². The maximum Gasteiger partial charge on any atom is 0.303 e. The van der Waals surface area contributed by atoms with Crippen LogP contribution in [0.3, 0.4) is 0 Å². The normalized spacial score (nSPS) is 25.4. The number of thioether (sulfide) groups is 1. The van der Waals surface area contributed by atoms with Gasteiger partial charge in [-0.3, -0.25) is 28.9 Å².